The average molecular weight is 1090 g/mol. The van der Waals surface area contributed by atoms with E-state index in [0.29, 0.717) is 11.1 Å². The Morgan fingerprint density at radius 2 is 1.19 bits per heavy atom. The third-order valence-corrected chi connectivity index (χ3v) is 10.4. The first kappa shape index (κ1) is 69.2. The number of rotatable bonds is 17. The molecule has 0 aromatic heterocycles. The summed E-state index contributed by atoms with van der Waals surface area (Å²) in [6, 6.07) is 2.40. The monoisotopic (exact) mass is 1090 g/mol. The first-order chi connectivity index (χ1) is 35.7. The molecule has 2 aromatic carbocycles. The van der Waals surface area contributed by atoms with Gasteiger partial charge in [0.15, 0.2) is 0 Å². The molecule has 5 atom stereocenters. The second kappa shape index (κ2) is 34.0. The van der Waals surface area contributed by atoms with Crippen LogP contribution in [0.3, 0.4) is 0 Å². The number of carboxylic acids is 3. The lowest BCUT2D eigenvalue weighted by atomic mass is 9.95. The summed E-state index contributed by atoms with van der Waals surface area (Å²) in [7, 11) is 0. The van der Waals surface area contributed by atoms with Gasteiger partial charge in [-0.25, -0.2) is 9.59 Å². The quantitative estimate of drug-likeness (QED) is 0.104. The topological polar surface area (TPSA) is 455 Å². The normalized spacial score (nSPS) is 15.9. The Labute approximate surface area is 447 Å². The Balaban J connectivity index is 0.00000434. The fraction of sp³-hybridized carbons (Fsp3) is 0.560. The van der Waals surface area contributed by atoms with E-state index in [1.165, 1.54) is 17.0 Å². The first-order valence-electron chi connectivity index (χ1n) is 24.5. The van der Waals surface area contributed by atoms with Crippen LogP contribution in [0.5, 0.6) is 11.5 Å². The fourth-order valence-electron chi connectivity index (χ4n) is 7.04. The summed E-state index contributed by atoms with van der Waals surface area (Å²) in [4.78, 5) is 123. The van der Waals surface area contributed by atoms with E-state index in [2.05, 4.69) is 31.9 Å². The number of nitrogens with two attached hydrogens (primary N) is 3. The summed E-state index contributed by atoms with van der Waals surface area (Å²) >= 11 is 0. The number of fused-ring (bicyclic) bond motifs is 5. The number of nitrogens with zero attached hydrogens (tertiary/aromatic N) is 1. The SMILES string of the molecule is CC(=O)O.CC(=O)O.CC(=O)O.CC(C)(C)OC(=O)N[C@H]1Cc2cc(ccc2O)-c2ccc(O)c(c2)C[C@@H](C(=O)N[C@@H](CCCN)C(=O)N[C@@H](CCN)C(=O)NCCN)NC(=O)[C@H](CCCN(C(=O)O)C(C)(C)C)NC1=O. The molecule has 0 spiro atoms. The minimum absolute atomic E-state index is 0.0248. The molecule has 0 radical (unpaired) electrons. The summed E-state index contributed by atoms with van der Waals surface area (Å²) in [5.41, 5.74) is 16.7. The van der Waals surface area contributed by atoms with Gasteiger partial charge in [0, 0.05) is 58.8 Å². The number of carbonyl (C=O) groups is 10. The van der Waals surface area contributed by atoms with Gasteiger partial charge in [0.05, 0.1) is 0 Å². The lowest BCUT2D eigenvalue weighted by Crippen LogP contribution is -2.60. The number of hydrogen-bond donors (Lipinski definition) is 15. The number of carboxylic acid groups (broad SMARTS) is 4. The molecule has 432 valence electrons. The zero-order valence-corrected chi connectivity index (χ0v) is 45.2. The van der Waals surface area contributed by atoms with Crippen LogP contribution in [0, 0.1) is 0 Å². The van der Waals surface area contributed by atoms with Gasteiger partial charge in [-0.05, 0) is 133 Å². The number of aliphatic carboxylic acids is 3. The second-order valence-electron chi connectivity index (χ2n) is 19.4. The third kappa shape index (κ3) is 28.6. The molecular formula is C50H80N10O17. The number of nitrogens with one attached hydrogen (secondary N) is 6. The number of ether oxygens (including phenoxy) is 1. The number of benzene rings is 2. The van der Waals surface area contributed by atoms with Crippen LogP contribution in [0.15, 0.2) is 36.4 Å². The molecule has 0 saturated heterocycles. The van der Waals surface area contributed by atoms with Gasteiger partial charge in [-0.15, -0.1) is 0 Å². The molecule has 3 rings (SSSR count). The number of hydrogen-bond acceptors (Lipinski definition) is 16. The Kier molecular flexibility index (Phi) is 30.6. The van der Waals surface area contributed by atoms with Crippen LogP contribution in [-0.2, 0) is 55.9 Å². The molecule has 0 fully saturated rings. The number of phenols is 2. The summed E-state index contributed by atoms with van der Waals surface area (Å²) in [5, 5.41) is 70.1. The van der Waals surface area contributed by atoms with Crippen LogP contribution in [0.2, 0.25) is 0 Å². The van der Waals surface area contributed by atoms with Gasteiger partial charge in [0.25, 0.3) is 17.9 Å². The van der Waals surface area contributed by atoms with Crippen LogP contribution in [0.25, 0.3) is 11.1 Å². The molecular weight excluding hydrogens is 1010 g/mol. The first-order valence-corrected chi connectivity index (χ1v) is 24.5. The van der Waals surface area contributed by atoms with Crippen LogP contribution in [0.4, 0.5) is 9.59 Å². The molecule has 0 aliphatic carbocycles. The summed E-state index contributed by atoms with van der Waals surface area (Å²) in [6.45, 7) is 13.6. The maximum absolute atomic E-state index is 14.5. The predicted octanol–water partition coefficient (Wildman–Crippen LogP) is 0.690. The molecule has 77 heavy (non-hydrogen) atoms. The van der Waals surface area contributed by atoms with Crippen molar-refractivity contribution in [1.82, 2.24) is 36.8 Å². The maximum Gasteiger partial charge on any atom is 0.408 e. The van der Waals surface area contributed by atoms with E-state index >= 15 is 0 Å². The smallest absolute Gasteiger partial charge is 0.408 e. The highest BCUT2D eigenvalue weighted by Crippen LogP contribution is 2.31. The van der Waals surface area contributed by atoms with Crippen molar-refractivity contribution in [3.63, 3.8) is 0 Å². The molecule has 1 aliphatic heterocycles. The molecule has 1 heterocycles. The van der Waals surface area contributed by atoms with Crippen molar-refractivity contribution in [3.05, 3.63) is 47.5 Å². The van der Waals surface area contributed by atoms with Crippen LogP contribution >= 0.6 is 0 Å². The van der Waals surface area contributed by atoms with Crippen molar-refractivity contribution in [3.8, 4) is 22.6 Å². The van der Waals surface area contributed by atoms with Gasteiger partial charge in [0.2, 0.25) is 29.5 Å². The van der Waals surface area contributed by atoms with Crippen molar-refractivity contribution in [2.45, 2.75) is 149 Å². The number of aromatic hydroxyl groups is 2. The van der Waals surface area contributed by atoms with Crippen molar-refractivity contribution >= 4 is 59.6 Å². The Bertz CT molecular complexity index is 2280. The Hall–Kier alpha value is -7.78. The molecule has 7 amide bonds. The predicted molar refractivity (Wildman–Crippen MR) is 281 cm³/mol. The minimum Gasteiger partial charge on any atom is -0.508 e. The van der Waals surface area contributed by atoms with Crippen molar-refractivity contribution in [2.24, 2.45) is 17.2 Å². The molecule has 1 aliphatic rings. The summed E-state index contributed by atoms with van der Waals surface area (Å²) < 4.78 is 5.44. The van der Waals surface area contributed by atoms with E-state index in [0.717, 1.165) is 20.8 Å². The van der Waals surface area contributed by atoms with Crippen LogP contribution in [0.1, 0.15) is 106 Å². The largest absolute Gasteiger partial charge is 0.508 e. The lowest BCUT2D eigenvalue weighted by molar-refractivity contribution is -0.135. The standard InChI is InChI=1S/C44H68N10O11.3C2H4O2/c1-43(2,3)54(42(63)64)20-8-10-30-38(59)52-32(39(60)49-29(9-7-16-45)37(58)51-31(15-17-46)36(57)48-19-18-47)23-27-21-25(11-13-34(27)55)26-12-14-35(56)28(22-26)24-33(40(61)50-30)53-41(62)65-44(4,5)6;3*1-2(3)4/h11-14,21-22,29-33,55-56H,7-10,15-20,23-24,45-47H2,1-6H3,(H,48,57)(H,49,60)(H,50,61)(H,51,58)(H,52,59)(H,53,62)(H,63,64);3*1H3,(H,3,4)/t29-,30-,31-,32-,33-;;;/m0.../s1. The molecule has 18 N–H and O–H groups in total. The van der Waals surface area contributed by atoms with E-state index in [1.54, 1.807) is 65.8 Å². The molecule has 27 nitrogen and oxygen atoms in total. The van der Waals surface area contributed by atoms with Gasteiger partial charge in [-0.2, -0.15) is 0 Å². The maximum atomic E-state index is 14.5. The number of phenolic OH excluding ortho intramolecular Hbond substituents is 2. The van der Waals surface area contributed by atoms with Crippen LogP contribution in [-0.4, -0.2) is 169 Å². The van der Waals surface area contributed by atoms with E-state index in [9.17, 15) is 48.9 Å². The summed E-state index contributed by atoms with van der Waals surface area (Å²) in [5.74, 6) is -6.86. The Morgan fingerprint density at radius 1 is 0.688 bits per heavy atom. The third-order valence-electron chi connectivity index (χ3n) is 10.4. The highest BCUT2D eigenvalue weighted by atomic mass is 16.6. The van der Waals surface area contributed by atoms with E-state index in [4.69, 9.17) is 51.6 Å². The van der Waals surface area contributed by atoms with Crippen molar-refractivity contribution < 1.29 is 83.3 Å². The molecule has 4 bridgehead atoms. The van der Waals surface area contributed by atoms with Gasteiger partial charge in [0.1, 0.15) is 47.3 Å². The van der Waals surface area contributed by atoms with Gasteiger partial charge in [-0.3, -0.25) is 38.4 Å². The zero-order valence-electron chi connectivity index (χ0n) is 45.2. The Morgan fingerprint density at radius 3 is 1.65 bits per heavy atom. The van der Waals surface area contributed by atoms with Gasteiger partial charge < -0.3 is 89.4 Å². The second-order valence-corrected chi connectivity index (χ2v) is 19.4. The lowest BCUT2D eigenvalue weighted by Gasteiger charge is -2.33. The van der Waals surface area contributed by atoms with E-state index in [-0.39, 0.29) is 100 Å². The number of carbonyl (C=O) groups excluding carboxylic acids is 6. The average Bonchev–Trinajstić information content (AvgIpc) is 3.29. The number of alkyl carbamates (subject to hydrolysis) is 1. The number of amides is 7. The fourth-order valence-corrected chi connectivity index (χ4v) is 7.04. The highest BCUT2D eigenvalue weighted by Gasteiger charge is 2.35. The molecule has 27 heteroatoms. The molecule has 0 unspecified atom stereocenters. The highest BCUT2D eigenvalue weighted by molar-refractivity contribution is 5.96. The minimum atomic E-state index is -1.52. The van der Waals surface area contributed by atoms with Crippen LogP contribution < -0.4 is 49.1 Å². The van der Waals surface area contributed by atoms with Gasteiger partial charge >= 0.3 is 12.2 Å². The summed E-state index contributed by atoms with van der Waals surface area (Å²) in [6.07, 6.45) is -2.56. The molecule has 2 aromatic rings. The molecule has 0 saturated carbocycles. The van der Waals surface area contributed by atoms with Gasteiger partial charge in [-0.1, -0.05) is 12.1 Å². The zero-order chi connectivity index (χ0) is 59.4. The van der Waals surface area contributed by atoms with E-state index < -0.39 is 101 Å². The van der Waals surface area contributed by atoms with E-state index in [1.807, 2.05) is 0 Å². The van der Waals surface area contributed by atoms with Crippen molar-refractivity contribution in [1.29, 1.82) is 0 Å². The van der Waals surface area contributed by atoms with Crippen molar-refractivity contribution in [2.75, 3.05) is 32.7 Å².